The van der Waals surface area contributed by atoms with E-state index in [1.54, 1.807) is 17.8 Å². The average molecular weight is 276 g/mol. The van der Waals surface area contributed by atoms with Gasteiger partial charge in [0.05, 0.1) is 5.69 Å². The van der Waals surface area contributed by atoms with Crippen LogP contribution in [0.3, 0.4) is 0 Å². The van der Waals surface area contributed by atoms with Gasteiger partial charge in [-0.3, -0.25) is 4.79 Å². The second-order valence-corrected chi connectivity index (χ2v) is 5.62. The van der Waals surface area contributed by atoms with Crippen LogP contribution in [0.2, 0.25) is 5.02 Å². The molecule has 1 N–H and O–H groups in total. The van der Waals surface area contributed by atoms with Crippen LogP contribution in [0, 0.1) is 0 Å². The number of benzene rings is 2. The number of nitrogens with one attached hydrogen (secondary N) is 1. The summed E-state index contributed by atoms with van der Waals surface area (Å²) in [4.78, 5) is 13.1. The first-order valence-electron chi connectivity index (χ1n) is 5.56. The molecule has 2 aromatic carbocycles. The lowest BCUT2D eigenvalue weighted by molar-refractivity contribution is -0.115. The smallest absolute Gasteiger partial charge is 0.242 e. The lowest BCUT2D eigenvalue weighted by atomic mass is 10.1. The molecule has 2 nitrogen and oxygen atoms in total. The van der Waals surface area contributed by atoms with Crippen molar-refractivity contribution in [2.45, 2.75) is 10.1 Å². The SMILES string of the molecule is O=C1Nc2cc(Cl)ccc2S[C@H]1c1ccccc1. The average Bonchev–Trinajstić information content (AvgIpc) is 2.39. The predicted octanol–water partition coefficient (Wildman–Crippen LogP) is 4.13. The molecule has 0 bridgehead atoms. The summed E-state index contributed by atoms with van der Waals surface area (Å²) in [5, 5.41) is 3.34. The van der Waals surface area contributed by atoms with Gasteiger partial charge in [-0.15, -0.1) is 11.8 Å². The maximum Gasteiger partial charge on any atom is 0.242 e. The molecule has 0 aromatic heterocycles. The van der Waals surface area contributed by atoms with Crippen molar-refractivity contribution in [2.24, 2.45) is 0 Å². The topological polar surface area (TPSA) is 29.1 Å². The van der Waals surface area contributed by atoms with Gasteiger partial charge in [-0.05, 0) is 23.8 Å². The van der Waals surface area contributed by atoms with Gasteiger partial charge >= 0.3 is 0 Å². The quantitative estimate of drug-likeness (QED) is 0.848. The second kappa shape index (κ2) is 4.67. The fourth-order valence-corrected chi connectivity index (χ4v) is 3.20. The first-order chi connectivity index (χ1) is 8.74. The molecule has 0 aliphatic carbocycles. The van der Waals surface area contributed by atoms with E-state index in [4.69, 9.17) is 11.6 Å². The van der Waals surface area contributed by atoms with Gasteiger partial charge in [-0.25, -0.2) is 0 Å². The number of hydrogen-bond acceptors (Lipinski definition) is 2. The zero-order valence-electron chi connectivity index (χ0n) is 9.39. The maximum atomic E-state index is 12.1. The number of carbonyl (C=O) groups excluding carboxylic acids is 1. The minimum absolute atomic E-state index is 0.000895. The number of fused-ring (bicyclic) bond motifs is 1. The summed E-state index contributed by atoms with van der Waals surface area (Å²) in [6.07, 6.45) is 0. The molecule has 0 unspecified atom stereocenters. The van der Waals surface area contributed by atoms with E-state index in [1.165, 1.54) is 0 Å². The molecule has 90 valence electrons. The zero-order chi connectivity index (χ0) is 12.5. The molecule has 0 spiro atoms. The number of thioether (sulfide) groups is 1. The molecule has 0 radical (unpaired) electrons. The summed E-state index contributed by atoms with van der Waals surface area (Å²) in [6.45, 7) is 0. The third kappa shape index (κ3) is 2.11. The normalized spacial score (nSPS) is 18.1. The summed E-state index contributed by atoms with van der Waals surface area (Å²) in [7, 11) is 0. The minimum atomic E-state index is -0.195. The molecular formula is C14H10ClNOS. The van der Waals surface area contributed by atoms with Gasteiger partial charge in [0.15, 0.2) is 0 Å². The van der Waals surface area contributed by atoms with Gasteiger partial charge in [0, 0.05) is 9.92 Å². The van der Waals surface area contributed by atoms with Crippen LogP contribution in [0.5, 0.6) is 0 Å². The molecule has 1 atom stereocenters. The number of hydrogen-bond donors (Lipinski definition) is 1. The van der Waals surface area contributed by atoms with E-state index < -0.39 is 0 Å². The van der Waals surface area contributed by atoms with Crippen LogP contribution >= 0.6 is 23.4 Å². The Bertz CT molecular complexity index is 600. The highest BCUT2D eigenvalue weighted by Gasteiger charge is 2.28. The van der Waals surface area contributed by atoms with E-state index >= 15 is 0 Å². The van der Waals surface area contributed by atoms with Crippen LogP contribution < -0.4 is 5.32 Å². The van der Waals surface area contributed by atoms with Crippen LogP contribution in [-0.4, -0.2) is 5.91 Å². The van der Waals surface area contributed by atoms with Crippen molar-refractivity contribution in [1.29, 1.82) is 0 Å². The van der Waals surface area contributed by atoms with Gasteiger partial charge in [0.25, 0.3) is 0 Å². The van der Waals surface area contributed by atoms with Gasteiger partial charge in [0.1, 0.15) is 5.25 Å². The van der Waals surface area contributed by atoms with Gasteiger partial charge in [0.2, 0.25) is 5.91 Å². The molecule has 0 saturated carbocycles. The third-order valence-electron chi connectivity index (χ3n) is 2.78. The minimum Gasteiger partial charge on any atom is -0.324 e. The molecular weight excluding hydrogens is 266 g/mol. The van der Waals surface area contributed by atoms with Crippen molar-refractivity contribution in [3.8, 4) is 0 Å². The monoisotopic (exact) mass is 275 g/mol. The van der Waals surface area contributed by atoms with Gasteiger partial charge in [-0.2, -0.15) is 0 Å². The Labute approximate surface area is 114 Å². The molecule has 1 heterocycles. The Morgan fingerprint density at radius 3 is 2.67 bits per heavy atom. The molecule has 0 saturated heterocycles. The van der Waals surface area contributed by atoms with Crippen molar-refractivity contribution in [1.82, 2.24) is 0 Å². The Hall–Kier alpha value is -1.45. The van der Waals surface area contributed by atoms with E-state index in [1.807, 2.05) is 42.5 Å². The molecule has 1 amide bonds. The molecule has 3 rings (SSSR count). The van der Waals surface area contributed by atoms with Crippen molar-refractivity contribution >= 4 is 35.0 Å². The van der Waals surface area contributed by atoms with Gasteiger partial charge in [-0.1, -0.05) is 41.9 Å². The van der Waals surface area contributed by atoms with Gasteiger partial charge < -0.3 is 5.32 Å². The molecule has 2 aromatic rings. The van der Waals surface area contributed by atoms with Crippen LogP contribution in [0.4, 0.5) is 5.69 Å². The number of carbonyl (C=O) groups is 1. The number of amides is 1. The molecule has 4 heteroatoms. The van der Waals surface area contributed by atoms with E-state index in [9.17, 15) is 4.79 Å². The highest BCUT2D eigenvalue weighted by Crippen LogP contribution is 2.44. The molecule has 18 heavy (non-hydrogen) atoms. The number of halogens is 1. The summed E-state index contributed by atoms with van der Waals surface area (Å²) in [5.74, 6) is 0.000895. The van der Waals surface area contributed by atoms with E-state index in [-0.39, 0.29) is 11.2 Å². The van der Waals surface area contributed by atoms with Crippen LogP contribution in [0.25, 0.3) is 0 Å². The molecule has 1 aliphatic rings. The van der Waals surface area contributed by atoms with Crippen molar-refractivity contribution in [2.75, 3.05) is 5.32 Å². The van der Waals surface area contributed by atoms with Crippen LogP contribution in [0.1, 0.15) is 10.8 Å². The van der Waals surface area contributed by atoms with Crippen molar-refractivity contribution < 1.29 is 4.79 Å². The summed E-state index contributed by atoms with van der Waals surface area (Å²) in [6, 6.07) is 15.3. The van der Waals surface area contributed by atoms with Crippen LogP contribution in [-0.2, 0) is 4.79 Å². The van der Waals surface area contributed by atoms with E-state index in [2.05, 4.69) is 5.32 Å². The first-order valence-corrected chi connectivity index (χ1v) is 6.82. The highest BCUT2D eigenvalue weighted by molar-refractivity contribution is 8.00. The molecule has 0 fully saturated rings. The summed E-state index contributed by atoms with van der Waals surface area (Å²) in [5.41, 5.74) is 1.81. The third-order valence-corrected chi connectivity index (χ3v) is 4.35. The zero-order valence-corrected chi connectivity index (χ0v) is 11.0. The Morgan fingerprint density at radius 1 is 1.11 bits per heavy atom. The largest absolute Gasteiger partial charge is 0.324 e. The second-order valence-electron chi connectivity index (χ2n) is 4.04. The van der Waals surface area contributed by atoms with Crippen molar-refractivity contribution in [3.05, 3.63) is 59.1 Å². The Morgan fingerprint density at radius 2 is 1.89 bits per heavy atom. The fourth-order valence-electron chi connectivity index (χ4n) is 1.93. The highest BCUT2D eigenvalue weighted by atomic mass is 35.5. The van der Waals surface area contributed by atoms with E-state index in [0.29, 0.717) is 5.02 Å². The number of rotatable bonds is 1. The predicted molar refractivity (Wildman–Crippen MR) is 75.1 cm³/mol. The first kappa shape index (κ1) is 11.6. The van der Waals surface area contributed by atoms with E-state index in [0.717, 1.165) is 16.1 Å². The Kier molecular flexibility index (Phi) is 3.02. The fraction of sp³-hybridized carbons (Fsp3) is 0.0714. The molecule has 1 aliphatic heterocycles. The standard InChI is InChI=1S/C14H10ClNOS/c15-10-6-7-12-11(8-10)16-14(17)13(18-12)9-4-2-1-3-5-9/h1-8,13H,(H,16,17)/t13-/m0/s1. The lowest BCUT2D eigenvalue weighted by Gasteiger charge is -2.24. The maximum absolute atomic E-state index is 12.1. The van der Waals surface area contributed by atoms with Crippen molar-refractivity contribution in [3.63, 3.8) is 0 Å². The van der Waals surface area contributed by atoms with Crippen LogP contribution in [0.15, 0.2) is 53.4 Å². The number of anilines is 1. The lowest BCUT2D eigenvalue weighted by Crippen LogP contribution is -2.22. The Balaban J connectivity index is 1.97. The summed E-state index contributed by atoms with van der Waals surface area (Å²) < 4.78 is 0. The summed E-state index contributed by atoms with van der Waals surface area (Å²) >= 11 is 7.47.